The Hall–Kier alpha value is -3.72. The quantitative estimate of drug-likeness (QED) is 0.347. The van der Waals surface area contributed by atoms with Gasteiger partial charge in [0, 0.05) is 5.56 Å². The van der Waals surface area contributed by atoms with Gasteiger partial charge in [0.15, 0.2) is 5.69 Å². The molecule has 0 fully saturated rings. The molecular formula is C22H14ClF6N3O3. The van der Waals surface area contributed by atoms with Gasteiger partial charge in [-0.05, 0) is 29.8 Å². The Balaban J connectivity index is 2.17. The van der Waals surface area contributed by atoms with Crippen molar-refractivity contribution in [2.75, 3.05) is 7.11 Å². The van der Waals surface area contributed by atoms with Crippen molar-refractivity contribution in [3.05, 3.63) is 80.5 Å². The normalized spacial score (nSPS) is 11.6. The third kappa shape index (κ3) is 5.35. The fourth-order valence-corrected chi connectivity index (χ4v) is 3.14. The Kier molecular flexibility index (Phi) is 7.60. The number of nitrogens with zero attached hydrogens (tertiary/aromatic N) is 3. The number of halogens is 7. The van der Waals surface area contributed by atoms with Crippen molar-refractivity contribution in [2.24, 2.45) is 0 Å². The van der Waals surface area contributed by atoms with Crippen LogP contribution in [0, 0.1) is 11.3 Å². The van der Waals surface area contributed by atoms with Crippen LogP contribution >= 0.6 is 11.6 Å². The summed E-state index contributed by atoms with van der Waals surface area (Å²) in [5, 5.41) is 8.54. The van der Waals surface area contributed by atoms with Crippen LogP contribution < -0.4 is 15.0 Å². The van der Waals surface area contributed by atoms with E-state index in [4.69, 9.17) is 26.3 Å². The smallest absolute Gasteiger partial charge is 0.352 e. The van der Waals surface area contributed by atoms with Crippen molar-refractivity contribution < 1.29 is 35.8 Å². The number of rotatable bonds is 8. The topological polar surface area (TPSA) is 77.1 Å². The van der Waals surface area contributed by atoms with E-state index in [0.29, 0.717) is 23.7 Å². The molecule has 1 heterocycles. The molecule has 2 aromatic carbocycles. The number of nitriles is 1. The summed E-state index contributed by atoms with van der Waals surface area (Å²) in [6.07, 6.45) is -6.76. The molecule has 13 heteroatoms. The van der Waals surface area contributed by atoms with E-state index in [2.05, 4.69) is 4.98 Å². The number of aromatic nitrogens is 2. The lowest BCUT2D eigenvalue weighted by molar-refractivity contribution is -0.139. The Labute approximate surface area is 198 Å². The molecule has 0 N–H and O–H groups in total. The third-order valence-corrected chi connectivity index (χ3v) is 5.13. The average molecular weight is 518 g/mol. The summed E-state index contributed by atoms with van der Waals surface area (Å²) in [6, 6.07) is 9.09. The molecule has 6 nitrogen and oxygen atoms in total. The average Bonchev–Trinajstić information content (AvgIpc) is 2.82. The summed E-state index contributed by atoms with van der Waals surface area (Å²) < 4.78 is 92.1. The van der Waals surface area contributed by atoms with E-state index in [1.54, 1.807) is 24.3 Å². The molecule has 1 aromatic heterocycles. The highest BCUT2D eigenvalue weighted by Gasteiger charge is 2.48. The molecule has 0 amide bonds. The lowest BCUT2D eigenvalue weighted by Gasteiger charge is -2.20. The standard InChI is InChI=1S/C22H14ClF6N3O3/c1-34-14-4-2-11(3-5-14)9-32-10-31-18(22(28,29)21(26)27)17(20(32)33)35-15-7-12(19(24)25)6-13(8-30)16(15)23/h2-7,10,19,21H,9H2,1H3. The molecule has 0 unspecified atom stereocenters. The van der Waals surface area contributed by atoms with Crippen molar-refractivity contribution in [3.8, 4) is 23.3 Å². The van der Waals surface area contributed by atoms with E-state index in [1.807, 2.05) is 0 Å². The lowest BCUT2D eigenvalue weighted by Crippen LogP contribution is -2.31. The number of hydrogen-bond acceptors (Lipinski definition) is 5. The van der Waals surface area contributed by atoms with Gasteiger partial charge >= 0.3 is 12.3 Å². The zero-order valence-corrected chi connectivity index (χ0v) is 18.4. The van der Waals surface area contributed by atoms with Crippen molar-refractivity contribution in [1.29, 1.82) is 5.26 Å². The van der Waals surface area contributed by atoms with E-state index in [1.165, 1.54) is 13.2 Å². The van der Waals surface area contributed by atoms with Crippen LogP contribution in [0.15, 0.2) is 47.5 Å². The monoisotopic (exact) mass is 517 g/mol. The van der Waals surface area contributed by atoms with Crippen molar-refractivity contribution in [3.63, 3.8) is 0 Å². The zero-order chi connectivity index (χ0) is 25.9. The third-order valence-electron chi connectivity index (χ3n) is 4.74. The van der Waals surface area contributed by atoms with Gasteiger partial charge in [-0.1, -0.05) is 23.7 Å². The highest BCUT2D eigenvalue weighted by molar-refractivity contribution is 6.33. The molecule has 0 atom stereocenters. The predicted molar refractivity (Wildman–Crippen MR) is 112 cm³/mol. The van der Waals surface area contributed by atoms with Gasteiger partial charge < -0.3 is 9.47 Å². The molecule has 0 spiro atoms. The molecule has 0 bridgehead atoms. The first-order valence-electron chi connectivity index (χ1n) is 9.57. The maximum atomic E-state index is 14.3. The van der Waals surface area contributed by atoms with Gasteiger partial charge in [-0.25, -0.2) is 22.5 Å². The first kappa shape index (κ1) is 25.9. The van der Waals surface area contributed by atoms with Gasteiger partial charge in [0.25, 0.3) is 12.0 Å². The van der Waals surface area contributed by atoms with Gasteiger partial charge in [-0.15, -0.1) is 0 Å². The van der Waals surface area contributed by atoms with Crippen LogP contribution in [0.25, 0.3) is 0 Å². The van der Waals surface area contributed by atoms with Gasteiger partial charge in [0.2, 0.25) is 5.75 Å². The van der Waals surface area contributed by atoms with Crippen molar-refractivity contribution >= 4 is 11.6 Å². The fraction of sp³-hybridized carbons (Fsp3) is 0.227. The first-order chi connectivity index (χ1) is 16.5. The van der Waals surface area contributed by atoms with Crippen LogP contribution in [0.2, 0.25) is 5.02 Å². The number of hydrogen-bond donors (Lipinski definition) is 0. The number of ether oxygens (including phenoxy) is 2. The van der Waals surface area contributed by atoms with E-state index in [0.717, 1.165) is 10.6 Å². The summed E-state index contributed by atoms with van der Waals surface area (Å²) in [6.45, 7) is -0.235. The zero-order valence-electron chi connectivity index (χ0n) is 17.6. The first-order valence-corrected chi connectivity index (χ1v) is 9.95. The van der Waals surface area contributed by atoms with E-state index in [9.17, 15) is 31.1 Å². The summed E-state index contributed by atoms with van der Waals surface area (Å²) in [7, 11) is 1.43. The van der Waals surface area contributed by atoms with Crippen molar-refractivity contribution in [1.82, 2.24) is 9.55 Å². The maximum Gasteiger partial charge on any atom is 0.352 e. The lowest BCUT2D eigenvalue weighted by atomic mass is 10.1. The minimum Gasteiger partial charge on any atom is -0.497 e. The van der Waals surface area contributed by atoms with Crippen LogP contribution in [0.5, 0.6) is 17.2 Å². The molecule has 3 rings (SSSR count). The van der Waals surface area contributed by atoms with Crippen LogP contribution in [-0.4, -0.2) is 23.1 Å². The van der Waals surface area contributed by atoms with E-state index < -0.39 is 57.7 Å². The van der Waals surface area contributed by atoms with Gasteiger partial charge in [-0.2, -0.15) is 14.0 Å². The van der Waals surface area contributed by atoms with Crippen molar-refractivity contribution in [2.45, 2.75) is 25.3 Å². The molecule has 0 aliphatic rings. The highest BCUT2D eigenvalue weighted by Crippen LogP contribution is 2.41. The van der Waals surface area contributed by atoms with Crippen LogP contribution in [0.4, 0.5) is 26.3 Å². The Morgan fingerprint density at radius 2 is 1.83 bits per heavy atom. The summed E-state index contributed by atoms with van der Waals surface area (Å²) in [5.41, 5.74) is -3.84. The molecule has 0 aliphatic carbocycles. The molecular weight excluding hydrogens is 504 g/mol. The van der Waals surface area contributed by atoms with Crippen LogP contribution in [-0.2, 0) is 12.5 Å². The molecule has 3 aromatic rings. The van der Waals surface area contributed by atoms with Gasteiger partial charge in [0.05, 0.1) is 25.5 Å². The number of benzene rings is 2. The van der Waals surface area contributed by atoms with Gasteiger partial charge in [-0.3, -0.25) is 9.36 Å². The molecule has 0 saturated heterocycles. The molecule has 0 saturated carbocycles. The summed E-state index contributed by atoms with van der Waals surface area (Å²) in [4.78, 5) is 16.3. The second-order valence-electron chi connectivity index (χ2n) is 7.02. The van der Waals surface area contributed by atoms with E-state index in [-0.39, 0.29) is 6.54 Å². The molecule has 0 radical (unpaired) electrons. The minimum absolute atomic E-state index is 0.235. The minimum atomic E-state index is -4.93. The molecule has 35 heavy (non-hydrogen) atoms. The number of methoxy groups -OCH3 is 1. The second-order valence-corrected chi connectivity index (χ2v) is 7.40. The molecule has 184 valence electrons. The second kappa shape index (κ2) is 10.3. The Bertz CT molecular complexity index is 1320. The largest absolute Gasteiger partial charge is 0.497 e. The predicted octanol–water partition coefficient (Wildman–Crippen LogP) is 5.91. The van der Waals surface area contributed by atoms with Crippen LogP contribution in [0.3, 0.4) is 0 Å². The Morgan fingerprint density at radius 3 is 2.37 bits per heavy atom. The SMILES string of the molecule is COc1ccc(Cn2cnc(C(F)(F)C(F)F)c(Oc3cc(C(F)F)cc(C#N)c3Cl)c2=O)cc1. The van der Waals surface area contributed by atoms with E-state index >= 15 is 0 Å². The molecule has 0 aliphatic heterocycles. The Morgan fingerprint density at radius 1 is 1.17 bits per heavy atom. The number of alkyl halides is 6. The highest BCUT2D eigenvalue weighted by atomic mass is 35.5. The van der Waals surface area contributed by atoms with Crippen LogP contribution in [0.1, 0.15) is 28.8 Å². The fourth-order valence-electron chi connectivity index (χ4n) is 2.95. The van der Waals surface area contributed by atoms with Gasteiger partial charge in [0.1, 0.15) is 22.6 Å². The maximum absolute atomic E-state index is 14.3. The summed E-state index contributed by atoms with van der Waals surface area (Å²) in [5.74, 6) is -6.58. The summed E-state index contributed by atoms with van der Waals surface area (Å²) >= 11 is 5.95.